The Balaban J connectivity index is 2.24. The first-order valence-electron chi connectivity index (χ1n) is 27.6. The van der Waals surface area contributed by atoms with Crippen LogP contribution in [0.3, 0.4) is 0 Å². The number of rotatable bonds is 46. The SMILES string of the molecule is CC/C=C\C/C=C\C/C=C\C/C=C\C/C=C\C/C=C\C/C=C\CCCCCCOCC(COC1OC(CO)C(O)C(O)C1O)OC(=O)CCCCCCCC/C=C\C/C=C\C/C=C\CCCCCCC. The maximum Gasteiger partial charge on any atom is 0.306 e. The topological polar surface area (TPSA) is 135 Å². The minimum atomic E-state index is -1.55. The maximum absolute atomic E-state index is 12.9. The molecule has 9 heteroatoms. The third kappa shape index (κ3) is 40.2. The van der Waals surface area contributed by atoms with Gasteiger partial charge in [0, 0.05) is 13.0 Å². The van der Waals surface area contributed by atoms with E-state index in [0.29, 0.717) is 6.61 Å². The Hall–Kier alpha value is -3.41. The van der Waals surface area contributed by atoms with Crippen LogP contribution in [0, 0.1) is 0 Å². The average Bonchev–Trinajstić information content (AvgIpc) is 3.36. The lowest BCUT2D eigenvalue weighted by Gasteiger charge is -2.39. The molecule has 0 aromatic rings. The smallest absolute Gasteiger partial charge is 0.306 e. The first-order valence-corrected chi connectivity index (χ1v) is 27.6. The molecule has 1 heterocycles. The number of unbranched alkanes of at least 4 members (excludes halogenated alkanes) is 15. The highest BCUT2D eigenvalue weighted by molar-refractivity contribution is 5.69. The van der Waals surface area contributed by atoms with E-state index < -0.39 is 43.4 Å². The number of hydrogen-bond acceptors (Lipinski definition) is 9. The van der Waals surface area contributed by atoms with E-state index in [1.165, 1.54) is 51.4 Å². The standard InChI is InChI=1S/C61H100O9/c1-3-5-7-9-11-13-15-17-19-21-23-25-26-27-28-29-31-33-35-37-39-41-43-45-47-49-51-67-53-55(54-68-61-60(66)59(65)58(64)56(52-62)70-61)69-57(63)50-48-46-44-42-40-38-36-34-32-30-24-22-20-18-16-14-12-10-8-6-4-2/h5,7,11,13,16-19,22-25,27-28,31-34,37,39,55-56,58-62,64-66H,3-4,6,8-10,12,14-15,20-21,26,29-30,35-36,38,40-54H2,1-2H3/b7-5-,13-11-,18-16-,19-17-,24-22-,25-23-,28-27-,33-31-,34-32-,39-37-. The highest BCUT2D eigenvalue weighted by Crippen LogP contribution is 2.22. The molecule has 1 aliphatic heterocycles. The van der Waals surface area contributed by atoms with Crippen molar-refractivity contribution in [1.82, 2.24) is 0 Å². The number of aliphatic hydroxyl groups is 4. The summed E-state index contributed by atoms with van der Waals surface area (Å²) in [7, 11) is 0. The Labute approximate surface area is 427 Å². The molecule has 9 nitrogen and oxygen atoms in total. The van der Waals surface area contributed by atoms with E-state index in [1.54, 1.807) is 0 Å². The van der Waals surface area contributed by atoms with Crippen LogP contribution in [-0.4, -0.2) is 89.6 Å². The first kappa shape index (κ1) is 64.6. The van der Waals surface area contributed by atoms with Gasteiger partial charge in [-0.2, -0.15) is 0 Å². The molecular formula is C61H100O9. The molecule has 0 radical (unpaired) electrons. The fourth-order valence-corrected chi connectivity index (χ4v) is 7.60. The molecule has 70 heavy (non-hydrogen) atoms. The van der Waals surface area contributed by atoms with Crippen LogP contribution in [0.5, 0.6) is 0 Å². The molecule has 0 spiro atoms. The van der Waals surface area contributed by atoms with E-state index in [-0.39, 0.29) is 25.6 Å². The Morgan fingerprint density at radius 3 is 1.31 bits per heavy atom. The second-order valence-corrected chi connectivity index (χ2v) is 18.3. The number of hydrogen-bond donors (Lipinski definition) is 4. The lowest BCUT2D eigenvalue weighted by Crippen LogP contribution is -2.59. The van der Waals surface area contributed by atoms with Crippen molar-refractivity contribution in [3.8, 4) is 0 Å². The molecule has 0 saturated carbocycles. The van der Waals surface area contributed by atoms with Gasteiger partial charge >= 0.3 is 5.97 Å². The van der Waals surface area contributed by atoms with Crippen molar-refractivity contribution in [3.63, 3.8) is 0 Å². The van der Waals surface area contributed by atoms with Gasteiger partial charge in [-0.25, -0.2) is 0 Å². The molecule has 1 aliphatic rings. The number of carbonyl (C=O) groups excluding carboxylic acids is 1. The largest absolute Gasteiger partial charge is 0.457 e. The van der Waals surface area contributed by atoms with Crippen LogP contribution in [-0.2, 0) is 23.7 Å². The van der Waals surface area contributed by atoms with Crippen molar-refractivity contribution >= 4 is 5.97 Å². The van der Waals surface area contributed by atoms with Crippen LogP contribution in [0.1, 0.15) is 194 Å². The summed E-state index contributed by atoms with van der Waals surface area (Å²) in [6.45, 7) is 4.34. The minimum absolute atomic E-state index is 0.113. The van der Waals surface area contributed by atoms with Gasteiger partial charge in [-0.1, -0.05) is 200 Å². The molecule has 0 aromatic heterocycles. The molecule has 1 fully saturated rings. The third-order valence-corrected chi connectivity index (χ3v) is 11.9. The zero-order valence-electron chi connectivity index (χ0n) is 44.0. The Kier molecular flexibility index (Phi) is 46.6. The molecule has 0 aliphatic carbocycles. The van der Waals surface area contributed by atoms with Gasteiger partial charge in [-0.3, -0.25) is 4.79 Å². The van der Waals surface area contributed by atoms with Crippen molar-refractivity contribution in [2.75, 3.05) is 26.4 Å². The summed E-state index contributed by atoms with van der Waals surface area (Å²) in [4.78, 5) is 12.9. The maximum atomic E-state index is 12.9. The van der Waals surface area contributed by atoms with Crippen LogP contribution in [0.25, 0.3) is 0 Å². The summed E-state index contributed by atoms with van der Waals surface area (Å²) in [5, 5.41) is 40.3. The van der Waals surface area contributed by atoms with Crippen molar-refractivity contribution in [3.05, 3.63) is 122 Å². The zero-order valence-corrected chi connectivity index (χ0v) is 44.0. The quantitative estimate of drug-likeness (QED) is 0.0267. The van der Waals surface area contributed by atoms with E-state index in [9.17, 15) is 25.2 Å². The fraction of sp³-hybridized carbons (Fsp3) is 0.656. The summed E-state index contributed by atoms with van der Waals surface area (Å²) in [6, 6.07) is 0. The fourth-order valence-electron chi connectivity index (χ4n) is 7.60. The molecule has 6 atom stereocenters. The zero-order chi connectivity index (χ0) is 50.6. The number of esters is 1. The van der Waals surface area contributed by atoms with Crippen LogP contribution >= 0.6 is 0 Å². The highest BCUT2D eigenvalue weighted by Gasteiger charge is 2.44. The number of aliphatic hydroxyl groups excluding tert-OH is 4. The van der Waals surface area contributed by atoms with Gasteiger partial charge in [0.2, 0.25) is 0 Å². The van der Waals surface area contributed by atoms with Gasteiger partial charge < -0.3 is 39.4 Å². The number of carbonyl (C=O) groups is 1. The predicted octanol–water partition coefficient (Wildman–Crippen LogP) is 14.3. The van der Waals surface area contributed by atoms with Crippen molar-refractivity contribution in [2.24, 2.45) is 0 Å². The molecule has 1 rings (SSSR count). The first-order chi connectivity index (χ1) is 34.4. The van der Waals surface area contributed by atoms with Crippen LogP contribution in [0.15, 0.2) is 122 Å². The summed E-state index contributed by atoms with van der Waals surface area (Å²) >= 11 is 0. The monoisotopic (exact) mass is 977 g/mol. The Morgan fingerprint density at radius 1 is 0.471 bits per heavy atom. The lowest BCUT2D eigenvalue weighted by molar-refractivity contribution is -0.305. The van der Waals surface area contributed by atoms with Crippen molar-refractivity contribution in [2.45, 2.75) is 230 Å². The van der Waals surface area contributed by atoms with Crippen LogP contribution in [0.2, 0.25) is 0 Å². The van der Waals surface area contributed by atoms with E-state index in [0.717, 1.165) is 122 Å². The third-order valence-electron chi connectivity index (χ3n) is 11.9. The Bertz CT molecular complexity index is 1480. The van der Waals surface area contributed by atoms with Gasteiger partial charge in [-0.05, 0) is 109 Å². The molecule has 0 bridgehead atoms. The van der Waals surface area contributed by atoms with E-state index in [4.69, 9.17) is 18.9 Å². The van der Waals surface area contributed by atoms with E-state index in [1.807, 2.05) is 0 Å². The van der Waals surface area contributed by atoms with Crippen molar-refractivity contribution < 1.29 is 44.2 Å². The van der Waals surface area contributed by atoms with Gasteiger partial charge in [0.1, 0.15) is 30.5 Å². The summed E-state index contributed by atoms with van der Waals surface area (Å²) in [5.74, 6) is -0.340. The molecule has 0 aromatic carbocycles. The predicted molar refractivity (Wildman–Crippen MR) is 292 cm³/mol. The molecular weight excluding hydrogens is 877 g/mol. The average molecular weight is 977 g/mol. The Morgan fingerprint density at radius 2 is 0.871 bits per heavy atom. The molecule has 1 saturated heterocycles. The van der Waals surface area contributed by atoms with Crippen molar-refractivity contribution in [1.29, 1.82) is 0 Å². The van der Waals surface area contributed by atoms with Gasteiger partial charge in [0.15, 0.2) is 6.29 Å². The van der Waals surface area contributed by atoms with Gasteiger partial charge in [-0.15, -0.1) is 0 Å². The highest BCUT2D eigenvalue weighted by atomic mass is 16.7. The summed E-state index contributed by atoms with van der Waals surface area (Å²) in [5.41, 5.74) is 0. The van der Waals surface area contributed by atoms with Crippen LogP contribution < -0.4 is 0 Å². The molecule has 398 valence electrons. The second kappa shape index (κ2) is 50.5. The van der Waals surface area contributed by atoms with E-state index >= 15 is 0 Å². The summed E-state index contributed by atoms with van der Waals surface area (Å²) in [6.07, 6.45) is 66.6. The van der Waals surface area contributed by atoms with Crippen LogP contribution in [0.4, 0.5) is 0 Å². The van der Waals surface area contributed by atoms with E-state index in [2.05, 4.69) is 135 Å². The lowest BCUT2D eigenvalue weighted by atomic mass is 9.99. The molecule has 6 unspecified atom stereocenters. The second-order valence-electron chi connectivity index (χ2n) is 18.3. The molecule has 4 N–H and O–H groups in total. The number of ether oxygens (including phenoxy) is 4. The minimum Gasteiger partial charge on any atom is -0.457 e. The molecule has 0 amide bonds. The summed E-state index contributed by atoms with van der Waals surface area (Å²) < 4.78 is 22.9. The van der Waals surface area contributed by atoms with Gasteiger partial charge in [0.05, 0.1) is 19.8 Å². The van der Waals surface area contributed by atoms with Gasteiger partial charge in [0.25, 0.3) is 0 Å². The normalized spacial score (nSPS) is 19.9. The number of allylic oxidation sites excluding steroid dienone is 20.